The largest absolute Gasteiger partial charge is 0.462 e. The predicted molar refractivity (Wildman–Crippen MR) is 136 cm³/mol. The van der Waals surface area contributed by atoms with Crippen molar-refractivity contribution in [3.05, 3.63) is 57.2 Å². The Balaban J connectivity index is 1.67. The first-order chi connectivity index (χ1) is 16.5. The smallest absolute Gasteiger partial charge is 0.436 e. The van der Waals surface area contributed by atoms with Crippen LogP contribution in [0.5, 0.6) is 0 Å². The molecule has 0 spiro atoms. The first kappa shape index (κ1) is 27.0. The highest BCUT2D eigenvalue weighted by molar-refractivity contribution is 7.80. The SMILES string of the molecule is CCOC(=O)c1c(NC(=S)NCCCn2nc(C(F)(F)F)c(Cl)c2C)sc(C)c1-c1ccccc1. The summed E-state index contributed by atoms with van der Waals surface area (Å²) in [6.07, 6.45) is -4.16. The zero-order valence-electron chi connectivity index (χ0n) is 19.3. The topological polar surface area (TPSA) is 68.2 Å². The van der Waals surface area contributed by atoms with Crippen LogP contribution in [0, 0.1) is 13.8 Å². The Kier molecular flexibility index (Phi) is 8.79. The molecule has 0 saturated heterocycles. The van der Waals surface area contributed by atoms with Gasteiger partial charge in [-0.1, -0.05) is 41.9 Å². The van der Waals surface area contributed by atoms with E-state index >= 15 is 0 Å². The molecule has 0 saturated carbocycles. The number of benzene rings is 1. The maximum Gasteiger partial charge on any atom is 0.436 e. The average molecular weight is 545 g/mol. The third-order valence-corrected chi connectivity index (χ3v) is 6.81. The molecule has 6 nitrogen and oxygen atoms in total. The lowest BCUT2D eigenvalue weighted by molar-refractivity contribution is -0.141. The van der Waals surface area contributed by atoms with Gasteiger partial charge in [-0.05, 0) is 45.0 Å². The van der Waals surface area contributed by atoms with E-state index in [1.54, 1.807) is 6.92 Å². The van der Waals surface area contributed by atoms with E-state index in [9.17, 15) is 18.0 Å². The van der Waals surface area contributed by atoms with Crippen molar-refractivity contribution >= 4 is 51.2 Å². The molecule has 188 valence electrons. The second-order valence-corrected chi connectivity index (χ2v) is 9.54. The van der Waals surface area contributed by atoms with Crippen molar-refractivity contribution in [1.29, 1.82) is 0 Å². The van der Waals surface area contributed by atoms with Gasteiger partial charge in [-0.25, -0.2) is 4.79 Å². The number of carbonyl (C=O) groups excluding carboxylic acids is 1. The summed E-state index contributed by atoms with van der Waals surface area (Å²) >= 11 is 12.6. The van der Waals surface area contributed by atoms with E-state index < -0.39 is 22.9 Å². The Morgan fingerprint density at radius 3 is 2.54 bits per heavy atom. The van der Waals surface area contributed by atoms with Crippen LogP contribution in [0.2, 0.25) is 5.02 Å². The minimum atomic E-state index is -4.61. The number of rotatable bonds is 8. The van der Waals surface area contributed by atoms with E-state index in [0.29, 0.717) is 23.5 Å². The van der Waals surface area contributed by atoms with Gasteiger partial charge in [0.2, 0.25) is 0 Å². The molecule has 35 heavy (non-hydrogen) atoms. The molecule has 3 aromatic rings. The van der Waals surface area contributed by atoms with E-state index in [-0.39, 0.29) is 24.0 Å². The standard InChI is InChI=1S/C23H24ClF3N4O2S2/c1-4-33-21(32)17-16(15-9-6-5-7-10-15)14(3)35-20(17)29-22(34)28-11-8-12-31-13(2)18(24)19(30-31)23(25,26)27/h5-7,9-10H,4,8,11-12H2,1-3H3,(H2,28,29,34). The number of aryl methyl sites for hydroxylation is 2. The molecule has 0 aliphatic heterocycles. The second-order valence-electron chi connectivity index (χ2n) is 7.53. The number of alkyl halides is 3. The molecule has 1 aromatic carbocycles. The lowest BCUT2D eigenvalue weighted by atomic mass is 10.0. The molecule has 0 aliphatic rings. The molecule has 2 heterocycles. The predicted octanol–water partition coefficient (Wildman–Crippen LogP) is 6.45. The average Bonchev–Trinajstić information content (AvgIpc) is 3.28. The zero-order chi connectivity index (χ0) is 25.8. The number of hydrogen-bond donors (Lipinski definition) is 2. The third-order valence-electron chi connectivity index (χ3n) is 5.09. The fourth-order valence-corrected chi connectivity index (χ4v) is 5.06. The Morgan fingerprint density at radius 2 is 1.94 bits per heavy atom. The van der Waals surface area contributed by atoms with Gasteiger partial charge < -0.3 is 15.4 Å². The summed E-state index contributed by atoms with van der Waals surface area (Å²) in [4.78, 5) is 13.7. The number of carbonyl (C=O) groups is 1. The van der Waals surface area contributed by atoms with Crippen molar-refractivity contribution in [1.82, 2.24) is 15.1 Å². The molecule has 0 unspecified atom stereocenters. The van der Waals surface area contributed by atoms with Gasteiger partial charge in [-0.3, -0.25) is 4.68 Å². The Labute approximate surface area is 215 Å². The first-order valence-electron chi connectivity index (χ1n) is 10.8. The van der Waals surface area contributed by atoms with E-state index in [1.165, 1.54) is 22.9 Å². The highest BCUT2D eigenvalue weighted by atomic mass is 35.5. The Morgan fingerprint density at radius 1 is 1.26 bits per heavy atom. The van der Waals surface area contributed by atoms with Gasteiger partial charge in [-0.15, -0.1) is 11.3 Å². The molecule has 0 bridgehead atoms. The van der Waals surface area contributed by atoms with Crippen LogP contribution in [0.25, 0.3) is 11.1 Å². The quantitative estimate of drug-likeness (QED) is 0.193. The number of nitrogens with zero attached hydrogens (tertiary/aromatic N) is 2. The monoisotopic (exact) mass is 544 g/mol. The summed E-state index contributed by atoms with van der Waals surface area (Å²) in [5.41, 5.74) is 1.25. The van der Waals surface area contributed by atoms with Gasteiger partial charge in [0, 0.05) is 23.5 Å². The zero-order valence-corrected chi connectivity index (χ0v) is 21.6. The van der Waals surface area contributed by atoms with E-state index in [4.69, 9.17) is 28.6 Å². The molecule has 0 fully saturated rings. The number of nitrogens with one attached hydrogen (secondary N) is 2. The van der Waals surface area contributed by atoms with Crippen LogP contribution in [-0.4, -0.2) is 34.0 Å². The number of hydrogen-bond acceptors (Lipinski definition) is 5. The van der Waals surface area contributed by atoms with E-state index in [0.717, 1.165) is 16.0 Å². The van der Waals surface area contributed by atoms with Crippen LogP contribution < -0.4 is 10.6 Å². The molecule has 0 radical (unpaired) electrons. The van der Waals surface area contributed by atoms with E-state index in [1.807, 2.05) is 37.3 Å². The van der Waals surface area contributed by atoms with Crippen LogP contribution >= 0.6 is 35.2 Å². The van der Waals surface area contributed by atoms with E-state index in [2.05, 4.69) is 15.7 Å². The summed E-state index contributed by atoms with van der Waals surface area (Å²) in [5.74, 6) is -0.451. The third kappa shape index (κ3) is 6.33. The van der Waals surface area contributed by atoms with Crippen molar-refractivity contribution in [2.75, 3.05) is 18.5 Å². The molecule has 3 rings (SSSR count). The van der Waals surface area contributed by atoms with Crippen LogP contribution in [-0.2, 0) is 17.5 Å². The maximum absolute atomic E-state index is 13.0. The number of ether oxygens (including phenoxy) is 1. The Bertz CT molecular complexity index is 1210. The van der Waals surface area contributed by atoms with Crippen LogP contribution in [0.15, 0.2) is 30.3 Å². The first-order valence-corrected chi connectivity index (χ1v) is 12.4. The lowest BCUT2D eigenvalue weighted by Crippen LogP contribution is -2.30. The van der Waals surface area contributed by atoms with Gasteiger partial charge in [0.05, 0.1) is 17.3 Å². The van der Waals surface area contributed by atoms with Crippen molar-refractivity contribution in [2.24, 2.45) is 0 Å². The van der Waals surface area contributed by atoms with Crippen LogP contribution in [0.1, 0.15) is 40.0 Å². The van der Waals surface area contributed by atoms with Crippen molar-refractivity contribution in [2.45, 2.75) is 39.9 Å². The number of aromatic nitrogens is 2. The highest BCUT2D eigenvalue weighted by Gasteiger charge is 2.38. The molecular weight excluding hydrogens is 521 g/mol. The number of thiophene rings is 1. The number of esters is 1. The number of thiocarbonyl (C=S) groups is 1. The summed E-state index contributed by atoms with van der Waals surface area (Å²) in [5, 5.41) is 10.1. The highest BCUT2D eigenvalue weighted by Crippen LogP contribution is 2.40. The van der Waals surface area contributed by atoms with Crippen LogP contribution in [0.4, 0.5) is 18.2 Å². The normalized spacial score (nSPS) is 11.4. The number of halogens is 4. The van der Waals surface area contributed by atoms with Gasteiger partial charge in [0.15, 0.2) is 10.8 Å². The minimum Gasteiger partial charge on any atom is -0.462 e. The molecule has 2 aromatic heterocycles. The molecule has 12 heteroatoms. The Hall–Kier alpha value is -2.63. The van der Waals surface area contributed by atoms with Crippen molar-refractivity contribution in [3.63, 3.8) is 0 Å². The fourth-order valence-electron chi connectivity index (χ4n) is 3.48. The van der Waals surface area contributed by atoms with Gasteiger partial charge in [-0.2, -0.15) is 18.3 Å². The van der Waals surface area contributed by atoms with Gasteiger partial charge >= 0.3 is 12.1 Å². The molecule has 0 amide bonds. The molecular formula is C23H24ClF3N4O2S2. The van der Waals surface area contributed by atoms with Crippen LogP contribution in [0.3, 0.4) is 0 Å². The summed E-state index contributed by atoms with van der Waals surface area (Å²) < 4.78 is 45.5. The summed E-state index contributed by atoms with van der Waals surface area (Å²) in [6.45, 7) is 5.98. The van der Waals surface area contributed by atoms with Gasteiger partial charge in [0.1, 0.15) is 10.6 Å². The molecule has 0 atom stereocenters. The van der Waals surface area contributed by atoms with Crippen molar-refractivity contribution in [3.8, 4) is 11.1 Å². The summed E-state index contributed by atoms with van der Waals surface area (Å²) in [7, 11) is 0. The molecule has 0 aliphatic carbocycles. The fraction of sp³-hybridized carbons (Fsp3) is 0.348. The van der Waals surface area contributed by atoms with Crippen molar-refractivity contribution < 1.29 is 22.7 Å². The summed E-state index contributed by atoms with van der Waals surface area (Å²) in [6, 6.07) is 9.54. The molecule has 2 N–H and O–H groups in total. The maximum atomic E-state index is 13.0. The van der Waals surface area contributed by atoms with Gasteiger partial charge in [0.25, 0.3) is 0 Å². The lowest BCUT2D eigenvalue weighted by Gasteiger charge is -2.12. The minimum absolute atomic E-state index is 0.224. The second kappa shape index (κ2) is 11.4. The number of anilines is 1.